The topological polar surface area (TPSA) is 95.4 Å². The molecule has 3 N–H and O–H groups in total. The van der Waals surface area contributed by atoms with Crippen LogP contribution in [0.5, 0.6) is 11.5 Å². The van der Waals surface area contributed by atoms with Crippen molar-refractivity contribution >= 4 is 21.9 Å². The largest absolute Gasteiger partial charge is 0.504 e. The molecule has 0 atom stereocenters. The summed E-state index contributed by atoms with van der Waals surface area (Å²) in [4.78, 5) is 10.8. The Labute approximate surface area is 115 Å². The first-order chi connectivity index (χ1) is 8.95. The average Bonchev–Trinajstić information content (AvgIpc) is 2.82. The fourth-order valence-corrected chi connectivity index (χ4v) is 2.01. The molecule has 0 spiro atoms. The summed E-state index contributed by atoms with van der Waals surface area (Å²) in [5, 5.41) is 24.4. The highest BCUT2D eigenvalue weighted by Crippen LogP contribution is 2.42. The monoisotopic (exact) mass is 330 g/mol. The fraction of sp³-hybridized carbons (Fsp3) is 0.0909. The Hall–Kier alpha value is -2.09. The average molecular weight is 331 g/mol. The van der Waals surface area contributed by atoms with E-state index in [-0.39, 0.29) is 32.9 Å². The number of ether oxygens (including phenoxy) is 1. The third-order valence-corrected chi connectivity index (χ3v) is 3.00. The summed E-state index contributed by atoms with van der Waals surface area (Å²) >= 11 is 2.95. The van der Waals surface area contributed by atoms with E-state index >= 15 is 0 Å². The maximum atomic E-state index is 14.1. The van der Waals surface area contributed by atoms with E-state index in [1.165, 1.54) is 7.11 Å². The Morgan fingerprint density at radius 1 is 1.53 bits per heavy atom. The highest BCUT2D eigenvalue weighted by molar-refractivity contribution is 9.10. The van der Waals surface area contributed by atoms with Crippen LogP contribution in [0.25, 0.3) is 11.3 Å². The van der Waals surface area contributed by atoms with E-state index in [4.69, 9.17) is 9.84 Å². The second-order valence-corrected chi connectivity index (χ2v) is 4.43. The summed E-state index contributed by atoms with van der Waals surface area (Å²) < 4.78 is 19.0. The molecule has 0 amide bonds. The number of benzene rings is 1. The molecule has 8 heteroatoms. The first-order valence-corrected chi connectivity index (χ1v) is 5.79. The molecule has 6 nitrogen and oxygen atoms in total. The maximum absolute atomic E-state index is 14.1. The molecular formula is C11H8BrFN2O4. The van der Waals surface area contributed by atoms with Crippen LogP contribution in [-0.4, -0.2) is 33.5 Å². The van der Waals surface area contributed by atoms with Crippen molar-refractivity contribution in [1.29, 1.82) is 0 Å². The lowest BCUT2D eigenvalue weighted by atomic mass is 10.1. The second-order valence-electron chi connectivity index (χ2n) is 3.57. The molecule has 0 unspecified atom stereocenters. The van der Waals surface area contributed by atoms with Crippen molar-refractivity contribution in [3.8, 4) is 22.8 Å². The van der Waals surface area contributed by atoms with E-state index in [1.54, 1.807) is 0 Å². The Balaban J connectivity index is 2.69. The van der Waals surface area contributed by atoms with Crippen LogP contribution >= 0.6 is 15.9 Å². The minimum absolute atomic E-state index is 0.0145. The number of carboxylic acids is 1. The second kappa shape index (κ2) is 4.88. The van der Waals surface area contributed by atoms with E-state index in [1.807, 2.05) is 0 Å². The lowest BCUT2D eigenvalue weighted by Crippen LogP contribution is -1.95. The number of aromatic amines is 1. The predicted octanol–water partition coefficient (Wildman–Crippen LogP) is 2.39. The number of rotatable bonds is 3. The number of aromatic nitrogens is 2. The molecule has 0 fully saturated rings. The van der Waals surface area contributed by atoms with Gasteiger partial charge in [-0.1, -0.05) is 0 Å². The van der Waals surface area contributed by atoms with E-state index < -0.39 is 11.8 Å². The van der Waals surface area contributed by atoms with Crippen LogP contribution in [0.15, 0.2) is 16.6 Å². The summed E-state index contributed by atoms with van der Waals surface area (Å²) in [6.45, 7) is 0. The summed E-state index contributed by atoms with van der Waals surface area (Å²) in [6, 6.07) is 2.29. The molecule has 19 heavy (non-hydrogen) atoms. The van der Waals surface area contributed by atoms with E-state index in [9.17, 15) is 14.3 Å². The summed E-state index contributed by atoms with van der Waals surface area (Å²) in [7, 11) is 1.26. The zero-order valence-electron chi connectivity index (χ0n) is 9.57. The Kier molecular flexibility index (Phi) is 3.43. The summed E-state index contributed by atoms with van der Waals surface area (Å²) in [6.07, 6.45) is 0. The van der Waals surface area contributed by atoms with Gasteiger partial charge in [0.25, 0.3) is 0 Å². The minimum atomic E-state index is -1.22. The number of hydrogen-bond donors (Lipinski definition) is 3. The van der Waals surface area contributed by atoms with Crippen LogP contribution in [0.3, 0.4) is 0 Å². The highest BCUT2D eigenvalue weighted by Gasteiger charge is 2.22. The quantitative estimate of drug-likeness (QED) is 0.803. The van der Waals surface area contributed by atoms with Crippen LogP contribution < -0.4 is 4.74 Å². The molecule has 1 aromatic carbocycles. The number of aromatic hydroxyl groups is 1. The van der Waals surface area contributed by atoms with Crippen molar-refractivity contribution in [2.75, 3.05) is 7.11 Å². The fourth-order valence-electron chi connectivity index (χ4n) is 1.59. The molecule has 1 aromatic heterocycles. The van der Waals surface area contributed by atoms with Crippen LogP contribution in [0.1, 0.15) is 10.5 Å². The number of methoxy groups -OCH3 is 1. The van der Waals surface area contributed by atoms with Gasteiger partial charge in [0.2, 0.25) is 0 Å². The molecule has 100 valence electrons. The van der Waals surface area contributed by atoms with Gasteiger partial charge in [-0.05, 0) is 22.0 Å². The molecule has 0 aliphatic carbocycles. The van der Waals surface area contributed by atoms with Gasteiger partial charge in [-0.25, -0.2) is 9.18 Å². The zero-order valence-corrected chi connectivity index (χ0v) is 11.2. The van der Waals surface area contributed by atoms with Gasteiger partial charge >= 0.3 is 5.97 Å². The van der Waals surface area contributed by atoms with Crippen LogP contribution in [0.4, 0.5) is 4.39 Å². The van der Waals surface area contributed by atoms with Gasteiger partial charge in [0.1, 0.15) is 5.69 Å². The number of nitrogens with one attached hydrogen (secondary N) is 1. The lowest BCUT2D eigenvalue weighted by molar-refractivity contribution is 0.0690. The number of nitrogens with zero attached hydrogens (tertiary/aromatic N) is 1. The maximum Gasteiger partial charge on any atom is 0.353 e. The van der Waals surface area contributed by atoms with Gasteiger partial charge in [0.05, 0.1) is 22.8 Å². The van der Waals surface area contributed by atoms with Crippen molar-refractivity contribution < 1.29 is 24.1 Å². The van der Waals surface area contributed by atoms with Gasteiger partial charge in [-0.15, -0.1) is 0 Å². The summed E-state index contributed by atoms with van der Waals surface area (Å²) in [5.41, 5.74) is -0.308. The number of aromatic carboxylic acids is 1. The molecule has 1 heterocycles. The number of halogens is 2. The van der Waals surface area contributed by atoms with Crippen molar-refractivity contribution in [2.45, 2.75) is 0 Å². The molecule has 0 aliphatic rings. The molecular weight excluding hydrogens is 323 g/mol. The molecule has 0 saturated carbocycles. The standard InChI is InChI=1S/C11H8BrFN2O4/c1-19-10-7(16)2-4(12)9(13)8(10)5-3-6(11(17)18)15-14-5/h2-3,16H,1H3,(H,14,15)(H,17,18). The van der Waals surface area contributed by atoms with Gasteiger partial charge in [0.15, 0.2) is 17.3 Å². The minimum Gasteiger partial charge on any atom is -0.504 e. The smallest absolute Gasteiger partial charge is 0.353 e. The van der Waals surface area contributed by atoms with E-state index in [2.05, 4.69) is 26.1 Å². The highest BCUT2D eigenvalue weighted by atomic mass is 79.9. The first kappa shape index (κ1) is 13.3. The predicted molar refractivity (Wildman–Crippen MR) is 66.9 cm³/mol. The van der Waals surface area contributed by atoms with Crippen molar-refractivity contribution in [1.82, 2.24) is 10.2 Å². The molecule has 0 bridgehead atoms. The molecule has 0 saturated heterocycles. The number of carbonyl (C=O) groups is 1. The van der Waals surface area contributed by atoms with E-state index in [0.29, 0.717) is 0 Å². The van der Waals surface area contributed by atoms with E-state index in [0.717, 1.165) is 12.1 Å². The van der Waals surface area contributed by atoms with Crippen LogP contribution in [-0.2, 0) is 0 Å². The number of hydrogen-bond acceptors (Lipinski definition) is 4. The van der Waals surface area contributed by atoms with Crippen molar-refractivity contribution in [3.05, 3.63) is 28.1 Å². The van der Waals surface area contributed by atoms with Crippen LogP contribution in [0.2, 0.25) is 0 Å². The third kappa shape index (κ3) is 2.26. The summed E-state index contributed by atoms with van der Waals surface area (Å²) in [5.74, 6) is -2.34. The van der Waals surface area contributed by atoms with Crippen molar-refractivity contribution in [3.63, 3.8) is 0 Å². The Bertz CT molecular complexity index is 656. The first-order valence-electron chi connectivity index (χ1n) is 4.99. The number of phenols is 1. The molecule has 2 aromatic rings. The van der Waals surface area contributed by atoms with Gasteiger partial charge in [-0.2, -0.15) is 5.10 Å². The lowest BCUT2D eigenvalue weighted by Gasteiger charge is -2.10. The number of carboxylic acid groups (broad SMARTS) is 1. The SMILES string of the molecule is COc1c(O)cc(Br)c(F)c1-c1cc(C(=O)O)[nH]n1. The van der Waals surface area contributed by atoms with Gasteiger partial charge in [0, 0.05) is 6.07 Å². The zero-order chi connectivity index (χ0) is 14.2. The molecule has 0 aliphatic heterocycles. The van der Waals surface area contributed by atoms with Crippen molar-refractivity contribution in [2.24, 2.45) is 0 Å². The molecule has 2 rings (SSSR count). The Morgan fingerprint density at radius 3 is 2.74 bits per heavy atom. The third-order valence-electron chi connectivity index (χ3n) is 2.42. The van der Waals surface area contributed by atoms with Crippen LogP contribution in [0, 0.1) is 5.82 Å². The van der Waals surface area contributed by atoms with Gasteiger partial charge < -0.3 is 14.9 Å². The normalized spacial score (nSPS) is 10.5. The molecule has 0 radical (unpaired) electrons. The number of H-pyrrole nitrogens is 1. The Morgan fingerprint density at radius 2 is 2.21 bits per heavy atom. The van der Waals surface area contributed by atoms with Gasteiger partial charge in [-0.3, -0.25) is 5.10 Å². The number of phenolic OH excluding ortho intramolecular Hbond substituents is 1.